The molecule has 1 aliphatic rings. The summed E-state index contributed by atoms with van der Waals surface area (Å²) in [7, 11) is -4.11. The van der Waals surface area contributed by atoms with Crippen LogP contribution < -0.4 is 4.31 Å². The molecule has 1 aromatic heterocycles. The lowest BCUT2D eigenvalue weighted by Crippen LogP contribution is -2.31. The largest absolute Gasteiger partial charge is 0.478 e. The number of hydrogen-bond donors (Lipinski definition) is 1. The van der Waals surface area contributed by atoms with Crippen LogP contribution in [0.3, 0.4) is 0 Å². The number of hydrogen-bond acceptors (Lipinski definition) is 4. The van der Waals surface area contributed by atoms with Crippen LogP contribution in [-0.4, -0.2) is 24.5 Å². The average Bonchev–Trinajstić information content (AvgIpc) is 3.51. The monoisotopic (exact) mass is 490 g/mol. The minimum atomic E-state index is -4.11. The van der Waals surface area contributed by atoms with Crippen molar-refractivity contribution in [3.63, 3.8) is 0 Å². The molecule has 1 saturated carbocycles. The predicted octanol–water partition coefficient (Wildman–Crippen LogP) is 5.53. The Bertz CT molecular complexity index is 1270. The van der Waals surface area contributed by atoms with Crippen LogP contribution in [0.4, 0.5) is 5.82 Å². The summed E-state index contributed by atoms with van der Waals surface area (Å²) in [6.07, 6.45) is 3.61. The molecular formula is C23H20Cl2N2O4S. The Morgan fingerprint density at radius 3 is 2.25 bits per heavy atom. The average molecular weight is 491 g/mol. The van der Waals surface area contributed by atoms with E-state index in [0.29, 0.717) is 0 Å². The molecule has 1 N–H and O–H groups in total. The number of aromatic carboxylic acids is 1. The summed E-state index contributed by atoms with van der Waals surface area (Å²) in [4.78, 5) is 15.2. The first-order chi connectivity index (χ1) is 15.1. The van der Waals surface area contributed by atoms with E-state index in [1.807, 2.05) is 24.3 Å². The van der Waals surface area contributed by atoms with E-state index in [0.717, 1.165) is 22.7 Å². The molecule has 0 amide bonds. The second-order valence-corrected chi connectivity index (χ2v) is 10.8. The Kier molecular flexibility index (Phi) is 5.92. The van der Waals surface area contributed by atoms with Crippen LogP contribution in [0.5, 0.6) is 0 Å². The number of carboxylic acid groups (broad SMARTS) is 1. The molecular weight excluding hydrogens is 471 g/mol. The van der Waals surface area contributed by atoms with E-state index < -0.39 is 16.0 Å². The molecule has 166 valence electrons. The first kappa shape index (κ1) is 22.6. The van der Waals surface area contributed by atoms with Crippen molar-refractivity contribution in [3.8, 4) is 0 Å². The number of nitrogens with zero attached hydrogens (tertiary/aromatic N) is 2. The third-order valence-corrected chi connectivity index (χ3v) is 7.93. The van der Waals surface area contributed by atoms with Crippen molar-refractivity contribution in [2.24, 2.45) is 0 Å². The number of carbonyl (C=O) groups is 1. The van der Waals surface area contributed by atoms with E-state index >= 15 is 0 Å². The third-order valence-electron chi connectivity index (χ3n) is 5.69. The van der Waals surface area contributed by atoms with Crippen molar-refractivity contribution in [2.75, 3.05) is 4.31 Å². The number of carboxylic acids is 1. The van der Waals surface area contributed by atoms with E-state index in [9.17, 15) is 13.2 Å². The second-order valence-electron chi connectivity index (χ2n) is 8.06. The van der Waals surface area contributed by atoms with Gasteiger partial charge < -0.3 is 5.11 Å². The lowest BCUT2D eigenvalue weighted by atomic mass is 9.97. The van der Waals surface area contributed by atoms with Crippen molar-refractivity contribution in [1.82, 2.24) is 4.98 Å². The van der Waals surface area contributed by atoms with Crippen LogP contribution in [0.15, 0.2) is 65.7 Å². The molecule has 32 heavy (non-hydrogen) atoms. The van der Waals surface area contributed by atoms with E-state index in [1.54, 1.807) is 0 Å². The molecule has 1 fully saturated rings. The first-order valence-electron chi connectivity index (χ1n) is 9.87. The van der Waals surface area contributed by atoms with Crippen molar-refractivity contribution in [1.29, 1.82) is 0 Å². The van der Waals surface area contributed by atoms with Gasteiger partial charge in [0.15, 0.2) is 5.82 Å². The molecule has 9 heteroatoms. The smallest absolute Gasteiger partial charge is 0.335 e. The number of anilines is 1. The van der Waals surface area contributed by atoms with E-state index in [4.69, 9.17) is 28.3 Å². The second kappa shape index (κ2) is 8.39. The summed E-state index contributed by atoms with van der Waals surface area (Å²) in [5, 5.41) is 9.48. The minimum absolute atomic E-state index is 0.00559. The zero-order valence-corrected chi connectivity index (χ0v) is 19.5. The Morgan fingerprint density at radius 2 is 1.72 bits per heavy atom. The summed E-state index contributed by atoms with van der Waals surface area (Å²) in [6, 6.07) is 14.3. The lowest BCUT2D eigenvalue weighted by molar-refractivity contribution is 0.0696. The van der Waals surface area contributed by atoms with Gasteiger partial charge in [0.05, 0.1) is 27.0 Å². The van der Waals surface area contributed by atoms with Crippen LogP contribution >= 0.6 is 23.2 Å². The zero-order valence-electron chi connectivity index (χ0n) is 17.1. The van der Waals surface area contributed by atoms with E-state index in [1.165, 1.54) is 42.1 Å². The molecule has 4 rings (SSSR count). The first-order valence-corrected chi connectivity index (χ1v) is 12.1. The van der Waals surface area contributed by atoms with Gasteiger partial charge in [0.25, 0.3) is 10.0 Å². The van der Waals surface area contributed by atoms with Gasteiger partial charge in [-0.15, -0.1) is 0 Å². The van der Waals surface area contributed by atoms with Crippen LogP contribution in [0.1, 0.15) is 41.3 Å². The van der Waals surface area contributed by atoms with Gasteiger partial charge in [-0.1, -0.05) is 54.4 Å². The summed E-state index contributed by atoms with van der Waals surface area (Å²) in [5.74, 6) is -1.10. The number of halogens is 2. The maximum atomic E-state index is 13.5. The highest BCUT2D eigenvalue weighted by molar-refractivity contribution is 7.92. The zero-order chi connectivity index (χ0) is 23.1. The molecule has 0 aliphatic heterocycles. The highest BCUT2D eigenvalue weighted by Gasteiger charge is 2.38. The van der Waals surface area contributed by atoms with Gasteiger partial charge in [0.1, 0.15) is 0 Å². The molecule has 2 aromatic carbocycles. The minimum Gasteiger partial charge on any atom is -0.478 e. The van der Waals surface area contributed by atoms with Crippen molar-refractivity contribution in [3.05, 3.63) is 87.5 Å². The molecule has 0 atom stereocenters. The SMILES string of the molecule is CC1(c2ccc(CN(c3ncc(Cl)cc3Cl)S(=O)(=O)c3ccc(C(=O)O)cc3)cc2)CC1. The highest BCUT2D eigenvalue weighted by Crippen LogP contribution is 2.47. The van der Waals surface area contributed by atoms with Gasteiger partial charge in [-0.3, -0.25) is 0 Å². The summed E-state index contributed by atoms with van der Waals surface area (Å²) >= 11 is 12.3. The fourth-order valence-corrected chi connectivity index (χ4v) is 5.37. The lowest BCUT2D eigenvalue weighted by Gasteiger charge is -2.25. The molecule has 0 spiro atoms. The number of pyridine rings is 1. The van der Waals surface area contributed by atoms with Crippen LogP contribution in [0, 0.1) is 0 Å². The number of aromatic nitrogens is 1. The van der Waals surface area contributed by atoms with Crippen LogP contribution in [0.25, 0.3) is 0 Å². The molecule has 0 radical (unpaired) electrons. The Hall–Kier alpha value is -2.61. The van der Waals surface area contributed by atoms with Crippen molar-refractivity contribution in [2.45, 2.75) is 36.6 Å². The Labute approximate surface area is 196 Å². The Balaban J connectivity index is 1.74. The standard InChI is InChI=1S/C23H20Cl2N2O4S/c1-23(10-11-23)17-6-2-15(3-7-17)14-27(21-20(25)12-18(24)13-26-21)32(30,31)19-8-4-16(5-9-19)22(28)29/h2-9,12-13H,10-11,14H2,1H3,(H,28,29). The molecule has 3 aromatic rings. The molecule has 0 saturated heterocycles. The molecule has 0 unspecified atom stereocenters. The summed E-state index contributed by atoms with van der Waals surface area (Å²) in [6.45, 7) is 2.20. The fraction of sp³-hybridized carbons (Fsp3) is 0.217. The number of rotatable bonds is 7. The molecule has 1 heterocycles. The van der Waals surface area contributed by atoms with E-state index in [-0.39, 0.29) is 38.3 Å². The van der Waals surface area contributed by atoms with E-state index in [2.05, 4.69) is 11.9 Å². The van der Waals surface area contributed by atoms with Gasteiger partial charge in [-0.2, -0.15) is 0 Å². The van der Waals surface area contributed by atoms with Gasteiger partial charge in [0.2, 0.25) is 0 Å². The fourth-order valence-electron chi connectivity index (χ4n) is 3.42. The number of sulfonamides is 1. The number of benzene rings is 2. The van der Waals surface area contributed by atoms with Gasteiger partial charge in [-0.05, 0) is 59.7 Å². The topological polar surface area (TPSA) is 87.6 Å². The van der Waals surface area contributed by atoms with Gasteiger partial charge >= 0.3 is 5.97 Å². The predicted molar refractivity (Wildman–Crippen MR) is 124 cm³/mol. The summed E-state index contributed by atoms with van der Waals surface area (Å²) < 4.78 is 28.2. The van der Waals surface area contributed by atoms with Crippen LogP contribution in [0.2, 0.25) is 10.0 Å². The van der Waals surface area contributed by atoms with Crippen LogP contribution in [-0.2, 0) is 22.0 Å². The maximum Gasteiger partial charge on any atom is 0.335 e. The maximum absolute atomic E-state index is 13.5. The Morgan fingerprint density at radius 1 is 1.09 bits per heavy atom. The summed E-state index contributed by atoms with van der Waals surface area (Å²) in [5.41, 5.74) is 2.18. The third kappa shape index (κ3) is 4.46. The van der Waals surface area contributed by atoms with Crippen molar-refractivity contribution < 1.29 is 18.3 Å². The quantitative estimate of drug-likeness (QED) is 0.469. The van der Waals surface area contributed by atoms with Crippen molar-refractivity contribution >= 4 is 45.0 Å². The van der Waals surface area contributed by atoms with Gasteiger partial charge in [0, 0.05) is 6.20 Å². The van der Waals surface area contributed by atoms with Gasteiger partial charge in [-0.25, -0.2) is 22.5 Å². The highest BCUT2D eigenvalue weighted by atomic mass is 35.5. The molecule has 1 aliphatic carbocycles. The molecule has 6 nitrogen and oxygen atoms in total. The molecule has 0 bridgehead atoms. The normalized spacial score (nSPS) is 14.7.